The first-order valence-corrected chi connectivity index (χ1v) is 18.1. The third-order valence-corrected chi connectivity index (χ3v) is 6.56. The number of pyridine rings is 6. The molecular formula is C42H48Co4N8O12. The van der Waals surface area contributed by atoms with Gasteiger partial charge >= 0.3 is 67.1 Å². The average Bonchev–Trinajstić information content (AvgIpc) is 3.24. The molecule has 6 rings (SSSR count). The summed E-state index contributed by atoms with van der Waals surface area (Å²) in [6, 6.07) is 32.7. The normalized spacial score (nSPS) is 8.55. The Morgan fingerprint density at radius 2 is 0.409 bits per heavy atom. The largest absolute Gasteiger partial charge is 2.00 e. The second kappa shape index (κ2) is 46.6. The van der Waals surface area contributed by atoms with Crippen molar-refractivity contribution in [3.63, 3.8) is 0 Å². The summed E-state index contributed by atoms with van der Waals surface area (Å²) in [6.45, 7) is 9.92. The molecule has 0 fully saturated rings. The SMILES string of the molecule is Cc1cccc(C[O-])n1.Cc1cccc(C[O-])n1.Cc1cccc(C[O-])n1.Cc1cccc(C[O-])n1.Cc1cccc(C[O-])n1.Cc1cccc(C[O-])n1.O=[N+]([O-])[O-].O=[N+]([O-])[O-].[Co+2].[Co+2].[Co+2].[Co+2]. The van der Waals surface area contributed by atoms with Gasteiger partial charge in [-0.3, -0.25) is 29.9 Å². The van der Waals surface area contributed by atoms with Gasteiger partial charge in [-0.15, -0.1) is 0 Å². The fourth-order valence-electron chi connectivity index (χ4n) is 4.08. The van der Waals surface area contributed by atoms with Gasteiger partial charge < -0.3 is 61.3 Å². The molecule has 0 spiro atoms. The van der Waals surface area contributed by atoms with Crippen LogP contribution in [0.2, 0.25) is 0 Å². The molecule has 0 bridgehead atoms. The molecule has 0 amide bonds. The van der Waals surface area contributed by atoms with Crippen LogP contribution in [0.15, 0.2) is 109 Å². The van der Waals surface area contributed by atoms with E-state index in [0.717, 1.165) is 34.2 Å². The molecule has 4 radical (unpaired) electrons. The van der Waals surface area contributed by atoms with Gasteiger partial charge in [-0.25, -0.2) is 0 Å². The van der Waals surface area contributed by atoms with E-state index in [1.54, 1.807) is 36.4 Å². The molecule has 0 aliphatic rings. The molecule has 66 heavy (non-hydrogen) atoms. The Kier molecular flexibility index (Phi) is 51.3. The van der Waals surface area contributed by atoms with Crippen LogP contribution in [-0.4, -0.2) is 40.1 Å². The Hall–Kier alpha value is -4.91. The van der Waals surface area contributed by atoms with E-state index in [4.69, 9.17) is 30.6 Å². The van der Waals surface area contributed by atoms with Gasteiger partial charge in [0.2, 0.25) is 0 Å². The van der Waals surface area contributed by atoms with Gasteiger partial charge in [0, 0.05) is 68.3 Å². The summed E-state index contributed by atoms with van der Waals surface area (Å²) in [7, 11) is 0. The number of hydrogen-bond acceptors (Lipinski definition) is 18. The van der Waals surface area contributed by atoms with Crippen LogP contribution in [0.25, 0.3) is 0 Å². The molecule has 20 nitrogen and oxygen atoms in total. The molecule has 6 aromatic heterocycles. The van der Waals surface area contributed by atoms with Crippen molar-refractivity contribution in [2.75, 3.05) is 0 Å². The summed E-state index contributed by atoms with van der Waals surface area (Å²) in [6.07, 6.45) is 0. The van der Waals surface area contributed by atoms with Crippen molar-refractivity contribution in [2.45, 2.75) is 81.2 Å². The Morgan fingerprint density at radius 1 is 0.303 bits per heavy atom. The summed E-state index contributed by atoms with van der Waals surface area (Å²) >= 11 is 0. The molecule has 0 saturated carbocycles. The first-order chi connectivity index (χ1) is 29.4. The zero-order valence-corrected chi connectivity index (χ0v) is 40.6. The maximum Gasteiger partial charge on any atom is 2.00 e. The van der Waals surface area contributed by atoms with Gasteiger partial charge in [0.05, 0.1) is 10.2 Å². The van der Waals surface area contributed by atoms with E-state index in [9.17, 15) is 30.6 Å². The molecule has 364 valence electrons. The quantitative estimate of drug-likeness (QED) is 0.166. The smallest absolute Gasteiger partial charge is 0.850 e. The summed E-state index contributed by atoms with van der Waals surface area (Å²) < 4.78 is 0. The third kappa shape index (κ3) is 44.3. The van der Waals surface area contributed by atoms with Gasteiger partial charge in [0.1, 0.15) is 0 Å². The van der Waals surface area contributed by atoms with Crippen LogP contribution in [0.1, 0.15) is 68.3 Å². The van der Waals surface area contributed by atoms with Crippen LogP contribution in [0.3, 0.4) is 0 Å². The number of aryl methyl sites for hydroxylation is 6. The van der Waals surface area contributed by atoms with Crippen LogP contribution >= 0.6 is 0 Å². The van der Waals surface area contributed by atoms with Crippen molar-refractivity contribution in [1.82, 2.24) is 29.9 Å². The minimum atomic E-state index is -1.75. The Bertz CT molecular complexity index is 1760. The summed E-state index contributed by atoms with van der Waals surface area (Å²) in [5.41, 5.74) is 9.16. The second-order valence-corrected chi connectivity index (χ2v) is 11.9. The van der Waals surface area contributed by atoms with Gasteiger partial charge in [0.25, 0.3) is 0 Å². The average molecular weight is 1090 g/mol. The number of aromatic nitrogens is 6. The number of nitrogens with zero attached hydrogens (tertiary/aromatic N) is 8. The molecular weight excluding hydrogens is 1040 g/mol. The first-order valence-electron chi connectivity index (χ1n) is 18.1. The molecule has 0 aliphatic heterocycles. The van der Waals surface area contributed by atoms with Gasteiger partial charge in [-0.05, 0) is 114 Å². The van der Waals surface area contributed by atoms with Crippen molar-refractivity contribution in [3.05, 3.63) is 208 Å². The van der Waals surface area contributed by atoms with E-state index in [2.05, 4.69) is 29.9 Å². The minimum absolute atomic E-state index is 0. The second-order valence-electron chi connectivity index (χ2n) is 11.9. The van der Waals surface area contributed by atoms with Crippen LogP contribution in [-0.2, 0) is 107 Å². The van der Waals surface area contributed by atoms with Gasteiger partial charge in [-0.2, -0.15) is 0 Å². The maximum absolute atomic E-state index is 10.2. The van der Waals surface area contributed by atoms with Gasteiger partial charge in [0.15, 0.2) is 0 Å². The predicted octanol–water partition coefficient (Wildman–Crippen LogP) is 1.01. The Labute approximate surface area is 424 Å². The van der Waals surface area contributed by atoms with Crippen molar-refractivity contribution >= 4 is 0 Å². The van der Waals surface area contributed by atoms with E-state index in [0.29, 0.717) is 34.2 Å². The van der Waals surface area contributed by atoms with E-state index >= 15 is 0 Å². The van der Waals surface area contributed by atoms with Gasteiger partial charge in [-0.1, -0.05) is 76.0 Å². The molecule has 0 aliphatic carbocycles. The van der Waals surface area contributed by atoms with E-state index in [1.807, 2.05) is 114 Å². The summed E-state index contributed by atoms with van der Waals surface area (Å²) in [5.74, 6) is 0. The zero-order chi connectivity index (χ0) is 47.3. The van der Waals surface area contributed by atoms with Crippen LogP contribution in [0.4, 0.5) is 0 Å². The third-order valence-electron chi connectivity index (χ3n) is 6.56. The Morgan fingerprint density at radius 3 is 0.470 bits per heavy atom. The molecule has 0 saturated heterocycles. The maximum atomic E-state index is 10.2. The molecule has 0 atom stereocenters. The summed E-state index contributed by atoms with van der Waals surface area (Å²) in [5, 5.41) is 90.8. The molecule has 6 heterocycles. The van der Waals surface area contributed by atoms with E-state index in [1.165, 1.54) is 0 Å². The summed E-state index contributed by atoms with van der Waals surface area (Å²) in [4.78, 5) is 40.4. The minimum Gasteiger partial charge on any atom is -0.850 e. The van der Waals surface area contributed by atoms with E-state index < -0.39 is 10.2 Å². The van der Waals surface area contributed by atoms with Crippen molar-refractivity contribution in [2.24, 2.45) is 0 Å². The van der Waals surface area contributed by atoms with Crippen LogP contribution in [0.5, 0.6) is 0 Å². The fourth-order valence-corrected chi connectivity index (χ4v) is 4.08. The first kappa shape index (κ1) is 72.7. The van der Waals surface area contributed by atoms with Crippen molar-refractivity contribution < 1.29 is 108 Å². The number of hydrogen-bond donors (Lipinski definition) is 0. The zero-order valence-electron chi connectivity index (χ0n) is 36.4. The van der Waals surface area contributed by atoms with Crippen molar-refractivity contribution in [1.29, 1.82) is 0 Å². The molecule has 24 heteroatoms. The topological polar surface area (TPSA) is 348 Å². The molecule has 0 aromatic carbocycles. The van der Waals surface area contributed by atoms with Crippen LogP contribution < -0.4 is 30.6 Å². The molecule has 0 unspecified atom stereocenters. The standard InChI is InChI=1S/6C7H8NO.4Co.2NO3/c6*1-6-3-2-4-7(5-9)8-6;;;;;2*2-1(3)4/h6*2-4H,5H2,1H3;;;;;;/q6*-1;4*+2;2*-1. The molecule has 6 aromatic rings. The molecule has 0 N–H and O–H groups in total. The van der Waals surface area contributed by atoms with E-state index in [-0.39, 0.29) is 107 Å². The predicted molar refractivity (Wildman–Crippen MR) is 217 cm³/mol. The Balaban J connectivity index is -0.000000157. The van der Waals surface area contributed by atoms with Crippen molar-refractivity contribution in [3.8, 4) is 0 Å². The fraction of sp³-hybridized carbons (Fsp3) is 0.286. The monoisotopic (exact) mass is 1090 g/mol. The van der Waals surface area contributed by atoms with Crippen LogP contribution in [0, 0.1) is 72.2 Å². The number of rotatable bonds is 6.